The van der Waals surface area contributed by atoms with Crippen LogP contribution >= 0.6 is 34.4 Å². The molecule has 1 N–H and O–H groups in total. The van der Waals surface area contributed by atoms with E-state index in [1.165, 1.54) is 29.8 Å². The van der Waals surface area contributed by atoms with Crippen LogP contribution in [0, 0.1) is 6.92 Å². The van der Waals surface area contributed by atoms with E-state index in [0.29, 0.717) is 15.4 Å². The Morgan fingerprint density at radius 1 is 1.13 bits per heavy atom. The predicted molar refractivity (Wildman–Crippen MR) is 150 cm³/mol. The highest BCUT2D eigenvalue weighted by Gasteiger charge is 2.27. The molecular formula is C26H29N3O6S3. The number of hydrogen-bond acceptors (Lipinski definition) is 9. The first-order valence-corrected chi connectivity index (χ1v) is 15.0. The van der Waals surface area contributed by atoms with Gasteiger partial charge in [0.2, 0.25) is 5.91 Å². The molecule has 0 unspecified atom stereocenters. The van der Waals surface area contributed by atoms with Crippen LogP contribution in [0.5, 0.6) is 0 Å². The number of fused-ring (bicyclic) bond motifs is 2. The summed E-state index contributed by atoms with van der Waals surface area (Å²) in [4.78, 5) is 55.6. The second-order valence-corrected chi connectivity index (χ2v) is 11.8. The number of rotatable bonds is 9. The molecule has 2 aromatic heterocycles. The summed E-state index contributed by atoms with van der Waals surface area (Å²) in [5.74, 6) is -1.55. The fourth-order valence-electron chi connectivity index (χ4n) is 4.22. The van der Waals surface area contributed by atoms with Crippen molar-refractivity contribution in [3.05, 3.63) is 44.6 Å². The number of aromatic nitrogens is 1. The van der Waals surface area contributed by atoms with Crippen LogP contribution in [0.2, 0.25) is 0 Å². The number of aryl methyl sites for hydroxylation is 2. The number of nitrogens with one attached hydrogen (secondary N) is 1. The van der Waals surface area contributed by atoms with Gasteiger partial charge in [0.1, 0.15) is 11.5 Å². The van der Waals surface area contributed by atoms with Gasteiger partial charge in [-0.25, -0.2) is 4.79 Å². The Morgan fingerprint density at radius 3 is 2.68 bits per heavy atom. The van der Waals surface area contributed by atoms with Crippen molar-refractivity contribution in [3.8, 4) is 0 Å². The smallest absolute Gasteiger partial charge is 0.341 e. The van der Waals surface area contributed by atoms with Gasteiger partial charge in [-0.3, -0.25) is 14.4 Å². The molecule has 12 heteroatoms. The second kappa shape index (κ2) is 12.7. The number of thiophene rings is 1. The summed E-state index contributed by atoms with van der Waals surface area (Å²) in [6.45, 7) is 3.92. The van der Waals surface area contributed by atoms with Crippen LogP contribution in [0.4, 0.5) is 5.00 Å². The predicted octanol–water partition coefficient (Wildman–Crippen LogP) is 4.10. The van der Waals surface area contributed by atoms with Gasteiger partial charge in [-0.1, -0.05) is 17.4 Å². The lowest BCUT2D eigenvalue weighted by atomic mass is 9.95. The Bertz CT molecular complexity index is 1450. The topological polar surface area (TPSA) is 116 Å². The van der Waals surface area contributed by atoms with Crippen LogP contribution in [0.15, 0.2) is 23.2 Å². The molecular weight excluding hydrogens is 547 g/mol. The number of methoxy groups -OCH3 is 1. The minimum Gasteiger partial charge on any atom is -0.468 e. The molecule has 0 spiro atoms. The maximum Gasteiger partial charge on any atom is 0.341 e. The second-order valence-electron chi connectivity index (χ2n) is 8.70. The molecule has 0 aliphatic heterocycles. The Morgan fingerprint density at radius 2 is 1.92 bits per heavy atom. The van der Waals surface area contributed by atoms with Crippen molar-refractivity contribution in [2.45, 2.75) is 46.1 Å². The SMILES string of the molecule is CCOC(=O)c1c(NC(=O)CSCC(=O)N=c2sc3cc(C)ccc3n2CC(=O)OC)sc2c1CCCC2. The van der Waals surface area contributed by atoms with Gasteiger partial charge in [0, 0.05) is 4.88 Å². The number of thioether (sulfide) groups is 1. The average molecular weight is 576 g/mol. The molecule has 0 saturated heterocycles. The van der Waals surface area contributed by atoms with Gasteiger partial charge in [-0.15, -0.1) is 23.1 Å². The summed E-state index contributed by atoms with van der Waals surface area (Å²) in [6, 6.07) is 5.79. The van der Waals surface area contributed by atoms with Crippen molar-refractivity contribution >= 4 is 73.4 Å². The van der Waals surface area contributed by atoms with Crippen LogP contribution in [-0.4, -0.2) is 53.5 Å². The van der Waals surface area contributed by atoms with E-state index in [-0.39, 0.29) is 30.6 Å². The third-order valence-electron chi connectivity index (χ3n) is 5.94. The number of amides is 2. The molecule has 3 aromatic rings. The van der Waals surface area contributed by atoms with E-state index >= 15 is 0 Å². The van der Waals surface area contributed by atoms with E-state index in [0.717, 1.165) is 63.7 Å². The summed E-state index contributed by atoms with van der Waals surface area (Å²) in [7, 11) is 1.31. The highest BCUT2D eigenvalue weighted by Crippen LogP contribution is 2.38. The van der Waals surface area contributed by atoms with Crippen LogP contribution in [0.3, 0.4) is 0 Å². The van der Waals surface area contributed by atoms with Gasteiger partial charge in [-0.2, -0.15) is 4.99 Å². The quantitative estimate of drug-likeness (QED) is 0.382. The van der Waals surface area contributed by atoms with Crippen molar-refractivity contribution in [2.75, 3.05) is 30.5 Å². The fourth-order valence-corrected chi connectivity index (χ4v) is 7.26. The number of ether oxygens (including phenoxy) is 2. The molecule has 0 bridgehead atoms. The molecule has 1 aliphatic rings. The molecule has 38 heavy (non-hydrogen) atoms. The molecule has 9 nitrogen and oxygen atoms in total. The molecule has 2 heterocycles. The number of thiazole rings is 1. The minimum atomic E-state index is -0.442. The zero-order valence-electron chi connectivity index (χ0n) is 21.5. The molecule has 1 aromatic carbocycles. The molecule has 202 valence electrons. The molecule has 0 saturated carbocycles. The Kier molecular flexibility index (Phi) is 9.40. The maximum absolute atomic E-state index is 12.7. The van der Waals surface area contributed by atoms with Gasteiger partial charge >= 0.3 is 11.9 Å². The summed E-state index contributed by atoms with van der Waals surface area (Å²) in [6.07, 6.45) is 3.75. The third-order valence-corrected chi connectivity index (χ3v) is 9.10. The molecule has 1 aliphatic carbocycles. The molecule has 2 amide bonds. The first-order chi connectivity index (χ1) is 18.3. The number of carbonyl (C=O) groups is 4. The number of anilines is 1. The zero-order valence-corrected chi connectivity index (χ0v) is 23.9. The van der Waals surface area contributed by atoms with Crippen molar-refractivity contribution in [1.82, 2.24) is 4.57 Å². The first-order valence-electron chi connectivity index (χ1n) is 12.2. The molecule has 4 rings (SSSR count). The largest absolute Gasteiger partial charge is 0.468 e. The number of nitrogens with zero attached hydrogens (tertiary/aromatic N) is 2. The van der Waals surface area contributed by atoms with E-state index in [4.69, 9.17) is 9.47 Å². The standard InChI is InChI=1S/C26H29N3O6S3/c1-4-35-25(33)23-16-7-5-6-8-18(16)37-24(23)27-20(30)13-36-14-21(31)28-26-29(12-22(32)34-3)17-10-9-15(2)11-19(17)38-26/h9-11H,4-8,12-14H2,1-3H3,(H,27,30). The third kappa shape index (κ3) is 6.54. The molecule has 0 atom stereocenters. The fraction of sp³-hybridized carbons (Fsp3) is 0.423. The van der Waals surface area contributed by atoms with Crippen LogP contribution in [-0.2, 0) is 43.2 Å². The first kappa shape index (κ1) is 28.1. The van der Waals surface area contributed by atoms with E-state index in [1.807, 2.05) is 25.1 Å². The van der Waals surface area contributed by atoms with Crippen LogP contribution < -0.4 is 10.1 Å². The van der Waals surface area contributed by atoms with E-state index < -0.39 is 17.8 Å². The average Bonchev–Trinajstić information content (AvgIpc) is 3.40. The normalized spacial score (nSPS) is 13.3. The lowest BCUT2D eigenvalue weighted by Crippen LogP contribution is -2.23. The zero-order chi connectivity index (χ0) is 27.2. The number of benzene rings is 1. The molecule has 0 radical (unpaired) electrons. The number of hydrogen-bond donors (Lipinski definition) is 1. The van der Waals surface area contributed by atoms with E-state index in [2.05, 4.69) is 10.3 Å². The van der Waals surface area contributed by atoms with Gasteiger partial charge in [0.05, 0.1) is 41.0 Å². The lowest BCUT2D eigenvalue weighted by molar-refractivity contribution is -0.141. The Balaban J connectivity index is 1.43. The Hall–Kier alpha value is -2.96. The van der Waals surface area contributed by atoms with Gasteiger partial charge in [-0.05, 0) is 62.8 Å². The number of esters is 2. The summed E-state index contributed by atoms with van der Waals surface area (Å²) in [5, 5.41) is 3.37. The van der Waals surface area contributed by atoms with E-state index in [9.17, 15) is 19.2 Å². The summed E-state index contributed by atoms with van der Waals surface area (Å²) < 4.78 is 12.6. The van der Waals surface area contributed by atoms with Crippen LogP contribution in [0.25, 0.3) is 10.2 Å². The summed E-state index contributed by atoms with van der Waals surface area (Å²) in [5.41, 5.74) is 3.29. The lowest BCUT2D eigenvalue weighted by Gasteiger charge is -2.12. The van der Waals surface area contributed by atoms with Crippen molar-refractivity contribution < 1.29 is 28.7 Å². The monoisotopic (exact) mass is 575 g/mol. The minimum absolute atomic E-state index is 0.00933. The van der Waals surface area contributed by atoms with Crippen molar-refractivity contribution in [2.24, 2.45) is 4.99 Å². The van der Waals surface area contributed by atoms with E-state index in [1.54, 1.807) is 11.5 Å². The highest BCUT2D eigenvalue weighted by molar-refractivity contribution is 8.00. The van der Waals surface area contributed by atoms with Gasteiger partial charge in [0.25, 0.3) is 5.91 Å². The van der Waals surface area contributed by atoms with Crippen molar-refractivity contribution in [3.63, 3.8) is 0 Å². The maximum atomic E-state index is 12.7. The summed E-state index contributed by atoms with van der Waals surface area (Å²) >= 11 is 3.89. The highest BCUT2D eigenvalue weighted by atomic mass is 32.2. The number of carbonyl (C=O) groups excluding carboxylic acids is 4. The van der Waals surface area contributed by atoms with Crippen LogP contribution in [0.1, 0.15) is 46.1 Å². The van der Waals surface area contributed by atoms with Gasteiger partial charge < -0.3 is 19.4 Å². The van der Waals surface area contributed by atoms with Crippen molar-refractivity contribution in [1.29, 1.82) is 0 Å². The Labute approximate surface area is 232 Å². The van der Waals surface area contributed by atoms with Gasteiger partial charge in [0.15, 0.2) is 4.80 Å². The molecule has 0 fully saturated rings.